The van der Waals surface area contributed by atoms with Gasteiger partial charge in [0.15, 0.2) is 0 Å². The smallest absolute Gasteiger partial charge is 0.124 e. The van der Waals surface area contributed by atoms with Gasteiger partial charge in [0, 0.05) is 42.3 Å². The van der Waals surface area contributed by atoms with Crippen molar-refractivity contribution < 1.29 is 9.47 Å². The van der Waals surface area contributed by atoms with Crippen molar-refractivity contribution in [2.45, 2.75) is 32.5 Å². The number of H-pyrrole nitrogens is 1. The molecule has 1 aromatic heterocycles. The van der Waals surface area contributed by atoms with E-state index in [1.807, 2.05) is 12.1 Å². The number of para-hydroxylation sites is 1. The van der Waals surface area contributed by atoms with Crippen LogP contribution in [0.25, 0.3) is 10.9 Å². The molecule has 0 aliphatic carbocycles. The lowest BCUT2D eigenvalue weighted by atomic mass is 10.1. The summed E-state index contributed by atoms with van der Waals surface area (Å²) in [6, 6.07) is 14.6. The molecular weight excluding hydrogens is 312 g/mol. The molecule has 4 heteroatoms. The minimum Gasteiger partial charge on any atom is -0.497 e. The molecule has 0 saturated carbocycles. The Balaban J connectivity index is 1.64. The highest BCUT2D eigenvalue weighted by atomic mass is 16.5. The van der Waals surface area contributed by atoms with Crippen LogP contribution in [0.15, 0.2) is 48.7 Å². The number of aromatic nitrogens is 1. The first-order valence-electron chi connectivity index (χ1n) is 8.87. The molecule has 0 unspecified atom stereocenters. The molecule has 0 spiro atoms. The Labute approximate surface area is 148 Å². The zero-order valence-corrected chi connectivity index (χ0v) is 14.8. The van der Waals surface area contributed by atoms with Gasteiger partial charge in [0.1, 0.15) is 17.6 Å². The molecule has 1 aliphatic rings. The first-order valence-corrected chi connectivity index (χ1v) is 8.87. The second kappa shape index (κ2) is 6.81. The van der Waals surface area contributed by atoms with E-state index in [1.54, 1.807) is 7.11 Å². The van der Waals surface area contributed by atoms with E-state index in [2.05, 4.69) is 53.3 Å². The molecule has 0 saturated heterocycles. The standard InChI is InChI=1S/C21H24N2O2/c1-3-17-14-23(12-15-10-18(24-2)8-9-21(15)25-17)13-16-11-22-20-7-5-4-6-19(16)20/h4-11,17,22H,3,12-14H2,1-2H3/t17-/m0/s1. The second-order valence-electron chi connectivity index (χ2n) is 6.65. The number of rotatable bonds is 4. The molecule has 4 rings (SSSR count). The minimum atomic E-state index is 0.208. The first kappa shape index (κ1) is 16.0. The minimum absolute atomic E-state index is 0.208. The summed E-state index contributed by atoms with van der Waals surface area (Å²) in [5.74, 6) is 1.86. The van der Waals surface area contributed by atoms with Gasteiger partial charge in [-0.15, -0.1) is 0 Å². The SMILES string of the molecule is CC[C@H]1CN(Cc2c[nH]c3ccccc23)Cc2cc(OC)ccc2O1. The number of methoxy groups -OCH3 is 1. The topological polar surface area (TPSA) is 37.5 Å². The van der Waals surface area contributed by atoms with Crippen LogP contribution in [-0.4, -0.2) is 29.6 Å². The molecular formula is C21H24N2O2. The molecule has 0 radical (unpaired) electrons. The lowest BCUT2D eigenvalue weighted by Crippen LogP contribution is -2.32. The molecule has 2 heterocycles. The van der Waals surface area contributed by atoms with E-state index in [4.69, 9.17) is 9.47 Å². The van der Waals surface area contributed by atoms with Crippen LogP contribution < -0.4 is 9.47 Å². The van der Waals surface area contributed by atoms with Gasteiger partial charge >= 0.3 is 0 Å². The zero-order chi connectivity index (χ0) is 17.2. The van der Waals surface area contributed by atoms with Crippen LogP contribution in [0.5, 0.6) is 11.5 Å². The van der Waals surface area contributed by atoms with Gasteiger partial charge in [-0.25, -0.2) is 0 Å². The maximum absolute atomic E-state index is 6.24. The Kier molecular flexibility index (Phi) is 4.36. The Hall–Kier alpha value is -2.46. The summed E-state index contributed by atoms with van der Waals surface area (Å²) < 4.78 is 11.6. The lowest BCUT2D eigenvalue weighted by Gasteiger charge is -2.23. The summed E-state index contributed by atoms with van der Waals surface area (Å²) in [5, 5.41) is 1.30. The average Bonchev–Trinajstić information content (AvgIpc) is 2.95. The Morgan fingerprint density at radius 2 is 2.12 bits per heavy atom. The van der Waals surface area contributed by atoms with Crippen LogP contribution in [0.4, 0.5) is 0 Å². The Morgan fingerprint density at radius 3 is 2.96 bits per heavy atom. The highest BCUT2D eigenvalue weighted by Gasteiger charge is 2.23. The number of nitrogens with zero attached hydrogens (tertiary/aromatic N) is 1. The third-order valence-electron chi connectivity index (χ3n) is 4.94. The van der Waals surface area contributed by atoms with Crippen LogP contribution in [0.3, 0.4) is 0 Å². The third-order valence-corrected chi connectivity index (χ3v) is 4.94. The first-order chi connectivity index (χ1) is 12.3. The van der Waals surface area contributed by atoms with E-state index in [1.165, 1.54) is 22.0 Å². The number of hydrogen-bond donors (Lipinski definition) is 1. The predicted molar refractivity (Wildman–Crippen MR) is 100 cm³/mol. The monoisotopic (exact) mass is 336 g/mol. The van der Waals surface area contributed by atoms with Crippen molar-refractivity contribution in [1.82, 2.24) is 9.88 Å². The molecule has 1 aliphatic heterocycles. The molecule has 1 N–H and O–H groups in total. The summed E-state index contributed by atoms with van der Waals surface area (Å²) in [6.45, 7) is 4.87. The molecule has 3 aromatic rings. The van der Waals surface area contributed by atoms with E-state index in [-0.39, 0.29) is 6.10 Å². The molecule has 25 heavy (non-hydrogen) atoms. The summed E-state index contributed by atoms with van der Waals surface area (Å²) in [5.41, 5.74) is 3.71. The van der Waals surface area contributed by atoms with Crippen LogP contribution >= 0.6 is 0 Å². The normalized spacial score (nSPS) is 17.8. The van der Waals surface area contributed by atoms with Crippen molar-refractivity contribution in [3.8, 4) is 11.5 Å². The second-order valence-corrected chi connectivity index (χ2v) is 6.65. The van der Waals surface area contributed by atoms with E-state index in [0.717, 1.165) is 37.6 Å². The number of hydrogen-bond acceptors (Lipinski definition) is 3. The van der Waals surface area contributed by atoms with Crippen LogP contribution in [-0.2, 0) is 13.1 Å². The van der Waals surface area contributed by atoms with Crippen molar-refractivity contribution in [2.75, 3.05) is 13.7 Å². The number of nitrogens with one attached hydrogen (secondary N) is 1. The fraction of sp³-hybridized carbons (Fsp3) is 0.333. The number of fused-ring (bicyclic) bond motifs is 2. The third kappa shape index (κ3) is 3.22. The summed E-state index contributed by atoms with van der Waals surface area (Å²) in [6.07, 6.45) is 3.33. The van der Waals surface area contributed by atoms with E-state index >= 15 is 0 Å². The van der Waals surface area contributed by atoms with Gasteiger partial charge in [-0.2, -0.15) is 0 Å². The van der Waals surface area contributed by atoms with Crippen molar-refractivity contribution in [2.24, 2.45) is 0 Å². The van der Waals surface area contributed by atoms with E-state index in [9.17, 15) is 0 Å². The zero-order valence-electron chi connectivity index (χ0n) is 14.8. The molecule has 0 amide bonds. The highest BCUT2D eigenvalue weighted by molar-refractivity contribution is 5.82. The van der Waals surface area contributed by atoms with Gasteiger partial charge in [-0.05, 0) is 36.2 Å². The van der Waals surface area contributed by atoms with E-state index in [0.29, 0.717) is 0 Å². The fourth-order valence-corrected chi connectivity index (χ4v) is 3.57. The van der Waals surface area contributed by atoms with Gasteiger partial charge in [-0.3, -0.25) is 4.90 Å². The van der Waals surface area contributed by atoms with Crippen molar-refractivity contribution >= 4 is 10.9 Å². The largest absolute Gasteiger partial charge is 0.497 e. The molecule has 2 aromatic carbocycles. The maximum atomic E-state index is 6.24. The molecule has 0 bridgehead atoms. The van der Waals surface area contributed by atoms with Gasteiger partial charge in [0.2, 0.25) is 0 Å². The van der Waals surface area contributed by atoms with E-state index < -0.39 is 0 Å². The van der Waals surface area contributed by atoms with Gasteiger partial charge < -0.3 is 14.5 Å². The fourth-order valence-electron chi connectivity index (χ4n) is 3.57. The molecule has 1 atom stereocenters. The molecule has 130 valence electrons. The van der Waals surface area contributed by atoms with Crippen molar-refractivity contribution in [1.29, 1.82) is 0 Å². The summed E-state index contributed by atoms with van der Waals surface area (Å²) in [7, 11) is 1.71. The Morgan fingerprint density at radius 1 is 1.24 bits per heavy atom. The molecule has 0 fully saturated rings. The Bertz CT molecular complexity index is 871. The number of benzene rings is 2. The van der Waals surface area contributed by atoms with Gasteiger partial charge in [0.05, 0.1) is 7.11 Å². The summed E-state index contributed by atoms with van der Waals surface area (Å²) >= 11 is 0. The van der Waals surface area contributed by atoms with Crippen LogP contribution in [0, 0.1) is 0 Å². The van der Waals surface area contributed by atoms with Crippen LogP contribution in [0.2, 0.25) is 0 Å². The highest BCUT2D eigenvalue weighted by Crippen LogP contribution is 2.31. The van der Waals surface area contributed by atoms with Gasteiger partial charge in [-0.1, -0.05) is 25.1 Å². The molecule has 4 nitrogen and oxygen atoms in total. The van der Waals surface area contributed by atoms with Gasteiger partial charge in [0.25, 0.3) is 0 Å². The number of ether oxygens (including phenoxy) is 2. The van der Waals surface area contributed by atoms with Crippen LogP contribution in [0.1, 0.15) is 24.5 Å². The number of aromatic amines is 1. The maximum Gasteiger partial charge on any atom is 0.124 e. The average molecular weight is 336 g/mol. The van der Waals surface area contributed by atoms with Crippen molar-refractivity contribution in [3.63, 3.8) is 0 Å². The van der Waals surface area contributed by atoms with Crippen molar-refractivity contribution in [3.05, 3.63) is 59.8 Å². The quantitative estimate of drug-likeness (QED) is 0.770. The lowest BCUT2D eigenvalue weighted by molar-refractivity contribution is 0.139. The predicted octanol–water partition coefficient (Wildman–Crippen LogP) is 4.35. The summed E-state index contributed by atoms with van der Waals surface area (Å²) in [4.78, 5) is 5.85.